The van der Waals surface area contributed by atoms with E-state index in [1.807, 2.05) is 12.1 Å². The average molecular weight is 411 g/mol. The third-order valence-corrected chi connectivity index (χ3v) is 6.03. The van der Waals surface area contributed by atoms with Crippen molar-refractivity contribution < 1.29 is 9.47 Å². The lowest BCUT2D eigenvalue weighted by molar-refractivity contribution is 0.122. The van der Waals surface area contributed by atoms with Crippen LogP contribution in [0.15, 0.2) is 53.7 Å². The van der Waals surface area contributed by atoms with E-state index in [0.29, 0.717) is 13.2 Å². The van der Waals surface area contributed by atoms with Crippen LogP contribution in [-0.4, -0.2) is 48.2 Å². The molecule has 0 bridgehead atoms. The van der Waals surface area contributed by atoms with Crippen molar-refractivity contribution in [3.8, 4) is 11.4 Å². The minimum Gasteiger partial charge on any atom is -0.497 e. The molecule has 0 atom stereocenters. The highest BCUT2D eigenvalue weighted by Crippen LogP contribution is 2.31. The molecule has 152 valence electrons. The van der Waals surface area contributed by atoms with Crippen LogP contribution in [0.5, 0.6) is 5.75 Å². The van der Waals surface area contributed by atoms with Gasteiger partial charge in [0.2, 0.25) is 5.95 Å². The first-order valence-corrected chi connectivity index (χ1v) is 10.9. The quantitative estimate of drug-likeness (QED) is 0.550. The first-order chi connectivity index (χ1) is 14.3. The zero-order valence-electron chi connectivity index (χ0n) is 16.9. The van der Waals surface area contributed by atoms with E-state index in [1.54, 1.807) is 18.9 Å². The van der Waals surface area contributed by atoms with Crippen molar-refractivity contribution in [2.24, 2.45) is 0 Å². The zero-order valence-corrected chi connectivity index (χ0v) is 17.7. The number of morpholine rings is 1. The number of ether oxygens (including phenoxy) is 2. The van der Waals surface area contributed by atoms with E-state index in [4.69, 9.17) is 9.47 Å². The van der Waals surface area contributed by atoms with Crippen molar-refractivity contribution in [3.05, 3.63) is 59.7 Å². The second-order valence-corrected chi connectivity index (χ2v) is 7.78. The largest absolute Gasteiger partial charge is 0.497 e. The Morgan fingerprint density at radius 2 is 1.90 bits per heavy atom. The number of anilines is 1. The summed E-state index contributed by atoms with van der Waals surface area (Å²) in [6.45, 7) is 5.27. The van der Waals surface area contributed by atoms with E-state index in [9.17, 15) is 0 Å². The lowest BCUT2D eigenvalue weighted by Crippen LogP contribution is -2.38. The summed E-state index contributed by atoms with van der Waals surface area (Å²) < 4.78 is 13.1. The maximum Gasteiger partial charge on any atom is 0.232 e. The van der Waals surface area contributed by atoms with Gasteiger partial charge in [-0.15, -0.1) is 10.2 Å². The van der Waals surface area contributed by atoms with Gasteiger partial charge in [-0.3, -0.25) is 4.57 Å². The van der Waals surface area contributed by atoms with E-state index < -0.39 is 0 Å². The maximum absolute atomic E-state index is 5.53. The SMILES string of the molecule is CCc1ccccc1-n1c(SCc2cccc(OC)c2)nnc1N1CCOCC1. The topological polar surface area (TPSA) is 52.4 Å². The number of hydrogen-bond acceptors (Lipinski definition) is 6. The van der Waals surface area contributed by atoms with Crippen molar-refractivity contribution >= 4 is 17.7 Å². The summed E-state index contributed by atoms with van der Waals surface area (Å²) in [5.74, 6) is 2.56. The van der Waals surface area contributed by atoms with Crippen LogP contribution in [0.3, 0.4) is 0 Å². The number of hydrogen-bond donors (Lipinski definition) is 0. The van der Waals surface area contributed by atoms with Gasteiger partial charge in [-0.25, -0.2) is 0 Å². The van der Waals surface area contributed by atoms with Crippen LogP contribution in [0.2, 0.25) is 0 Å². The van der Waals surface area contributed by atoms with E-state index in [-0.39, 0.29) is 0 Å². The van der Waals surface area contributed by atoms with Crippen molar-refractivity contribution in [1.82, 2.24) is 14.8 Å². The molecule has 0 amide bonds. The predicted molar refractivity (Wildman–Crippen MR) is 116 cm³/mol. The smallest absolute Gasteiger partial charge is 0.232 e. The van der Waals surface area contributed by atoms with Crippen LogP contribution in [-0.2, 0) is 16.9 Å². The van der Waals surface area contributed by atoms with Crippen LogP contribution in [0.25, 0.3) is 5.69 Å². The molecular weight excluding hydrogens is 384 g/mol. The molecule has 3 aromatic rings. The van der Waals surface area contributed by atoms with Crippen molar-refractivity contribution in [1.29, 1.82) is 0 Å². The highest BCUT2D eigenvalue weighted by Gasteiger charge is 2.23. The Balaban J connectivity index is 1.68. The molecule has 0 unspecified atom stereocenters. The number of methoxy groups -OCH3 is 1. The molecule has 4 rings (SSSR count). The fraction of sp³-hybridized carbons (Fsp3) is 0.364. The van der Waals surface area contributed by atoms with Crippen LogP contribution < -0.4 is 9.64 Å². The van der Waals surface area contributed by atoms with Gasteiger partial charge in [0, 0.05) is 18.8 Å². The van der Waals surface area contributed by atoms with E-state index >= 15 is 0 Å². The summed E-state index contributed by atoms with van der Waals surface area (Å²) in [5, 5.41) is 10.0. The fourth-order valence-electron chi connectivity index (χ4n) is 3.47. The van der Waals surface area contributed by atoms with Crippen LogP contribution >= 0.6 is 11.8 Å². The summed E-state index contributed by atoms with van der Waals surface area (Å²) in [5.41, 5.74) is 3.63. The molecule has 1 saturated heterocycles. The maximum atomic E-state index is 5.53. The molecule has 0 radical (unpaired) electrons. The van der Waals surface area contributed by atoms with Gasteiger partial charge in [-0.2, -0.15) is 0 Å². The first-order valence-electron chi connectivity index (χ1n) is 9.92. The Labute approximate surface area is 175 Å². The molecule has 0 spiro atoms. The van der Waals surface area contributed by atoms with Gasteiger partial charge in [0.25, 0.3) is 0 Å². The highest BCUT2D eigenvalue weighted by atomic mass is 32.2. The molecular formula is C22H26N4O2S. The van der Waals surface area contributed by atoms with Crippen LogP contribution in [0.1, 0.15) is 18.1 Å². The number of benzene rings is 2. The minimum absolute atomic E-state index is 0.717. The number of rotatable bonds is 7. The number of para-hydroxylation sites is 1. The second kappa shape index (κ2) is 9.33. The molecule has 0 aliphatic carbocycles. The first kappa shape index (κ1) is 19.8. The Morgan fingerprint density at radius 1 is 1.07 bits per heavy atom. The molecule has 0 N–H and O–H groups in total. The molecule has 7 heteroatoms. The second-order valence-electron chi connectivity index (χ2n) is 6.84. The molecule has 29 heavy (non-hydrogen) atoms. The molecule has 1 aliphatic rings. The fourth-order valence-corrected chi connectivity index (χ4v) is 4.36. The Bertz CT molecular complexity index is 953. The van der Waals surface area contributed by atoms with E-state index in [0.717, 1.165) is 47.8 Å². The Kier molecular flexibility index (Phi) is 6.36. The summed E-state index contributed by atoms with van der Waals surface area (Å²) in [6.07, 6.45) is 0.955. The molecule has 0 saturated carbocycles. The monoisotopic (exact) mass is 410 g/mol. The molecule has 1 aromatic heterocycles. The predicted octanol–water partition coefficient (Wildman–Crippen LogP) is 3.97. The standard InChI is InChI=1S/C22H26N4O2S/c1-3-18-8-4-5-10-20(18)26-21(25-11-13-28-14-12-25)23-24-22(26)29-16-17-7-6-9-19(15-17)27-2/h4-10,15H,3,11-14,16H2,1-2H3. The average Bonchev–Trinajstić information content (AvgIpc) is 3.22. The molecule has 6 nitrogen and oxygen atoms in total. The molecule has 2 heterocycles. The van der Waals surface area contributed by atoms with Gasteiger partial charge in [0.1, 0.15) is 5.75 Å². The van der Waals surface area contributed by atoms with Gasteiger partial charge in [0.05, 0.1) is 26.0 Å². The molecule has 1 aliphatic heterocycles. The van der Waals surface area contributed by atoms with Crippen molar-refractivity contribution in [2.45, 2.75) is 24.3 Å². The Hall–Kier alpha value is -2.51. The summed E-state index contributed by atoms with van der Waals surface area (Å²) >= 11 is 1.69. The lowest BCUT2D eigenvalue weighted by atomic mass is 10.1. The zero-order chi connectivity index (χ0) is 20.1. The lowest BCUT2D eigenvalue weighted by Gasteiger charge is -2.28. The Morgan fingerprint density at radius 3 is 2.69 bits per heavy atom. The van der Waals surface area contributed by atoms with Gasteiger partial charge >= 0.3 is 0 Å². The van der Waals surface area contributed by atoms with Gasteiger partial charge in [0.15, 0.2) is 5.16 Å². The van der Waals surface area contributed by atoms with Crippen molar-refractivity contribution in [2.75, 3.05) is 38.3 Å². The number of nitrogens with zero attached hydrogens (tertiary/aromatic N) is 4. The minimum atomic E-state index is 0.717. The van der Waals surface area contributed by atoms with E-state index in [1.165, 1.54) is 11.1 Å². The van der Waals surface area contributed by atoms with Gasteiger partial charge in [-0.05, 0) is 35.7 Å². The summed E-state index contributed by atoms with van der Waals surface area (Å²) in [6, 6.07) is 16.7. The van der Waals surface area contributed by atoms with Crippen LogP contribution in [0, 0.1) is 0 Å². The summed E-state index contributed by atoms with van der Waals surface area (Å²) in [7, 11) is 1.69. The third-order valence-electron chi connectivity index (χ3n) is 5.03. The number of aryl methyl sites for hydroxylation is 1. The summed E-state index contributed by atoms with van der Waals surface area (Å²) in [4.78, 5) is 2.26. The number of thioether (sulfide) groups is 1. The number of aromatic nitrogens is 3. The van der Waals surface area contributed by atoms with Crippen molar-refractivity contribution in [3.63, 3.8) is 0 Å². The van der Waals surface area contributed by atoms with Gasteiger partial charge in [-0.1, -0.05) is 49.0 Å². The highest BCUT2D eigenvalue weighted by molar-refractivity contribution is 7.98. The third kappa shape index (κ3) is 4.41. The van der Waals surface area contributed by atoms with Gasteiger partial charge < -0.3 is 14.4 Å². The molecule has 1 fully saturated rings. The molecule has 2 aromatic carbocycles. The van der Waals surface area contributed by atoms with Crippen LogP contribution in [0.4, 0.5) is 5.95 Å². The van der Waals surface area contributed by atoms with E-state index in [2.05, 4.69) is 63.0 Å². The normalized spacial score (nSPS) is 14.2.